The van der Waals surface area contributed by atoms with Crippen LogP contribution in [0.1, 0.15) is 37.7 Å². The molecular formula is C17H19N2O3+. The molecule has 2 heterocycles. The number of hydrogen-bond acceptors (Lipinski definition) is 4. The quantitative estimate of drug-likeness (QED) is 0.843. The summed E-state index contributed by atoms with van der Waals surface area (Å²) in [6.07, 6.45) is 5.84. The number of aromatic amines is 1. The molecule has 1 unspecified atom stereocenters. The number of allylic oxidation sites excluding steroid dienone is 3. The lowest BCUT2D eigenvalue weighted by molar-refractivity contribution is -0.378. The van der Waals surface area contributed by atoms with Crippen LogP contribution in [0.15, 0.2) is 47.1 Å². The van der Waals surface area contributed by atoms with Crippen molar-refractivity contribution in [1.29, 1.82) is 0 Å². The highest BCUT2D eigenvalue weighted by molar-refractivity contribution is 6.03. The van der Waals surface area contributed by atoms with Crippen molar-refractivity contribution in [2.24, 2.45) is 0 Å². The van der Waals surface area contributed by atoms with Gasteiger partial charge < -0.3 is 10.1 Å². The van der Waals surface area contributed by atoms with E-state index in [0.29, 0.717) is 17.6 Å². The average molecular weight is 299 g/mol. The van der Waals surface area contributed by atoms with Crippen LogP contribution >= 0.6 is 0 Å². The van der Waals surface area contributed by atoms with Gasteiger partial charge in [0.05, 0.1) is 18.6 Å². The van der Waals surface area contributed by atoms with E-state index in [-0.39, 0.29) is 11.7 Å². The molecule has 0 saturated carbocycles. The highest BCUT2D eigenvalue weighted by Gasteiger charge is 2.39. The van der Waals surface area contributed by atoms with Crippen LogP contribution in [0.3, 0.4) is 0 Å². The molecule has 5 nitrogen and oxygen atoms in total. The number of esters is 1. The van der Waals surface area contributed by atoms with Gasteiger partial charge in [0.15, 0.2) is 18.2 Å². The highest BCUT2D eigenvalue weighted by atomic mass is 16.5. The maximum absolute atomic E-state index is 12.5. The zero-order valence-corrected chi connectivity index (χ0v) is 12.7. The average Bonchev–Trinajstić information content (AvgIpc) is 2.54. The fourth-order valence-electron chi connectivity index (χ4n) is 3.28. The predicted molar refractivity (Wildman–Crippen MR) is 79.5 cm³/mol. The first-order valence-corrected chi connectivity index (χ1v) is 7.42. The van der Waals surface area contributed by atoms with Gasteiger partial charge >= 0.3 is 5.97 Å². The molecule has 0 spiro atoms. The molecule has 1 aliphatic heterocycles. The number of Topliss-reactive ketones (excluding diaryl/α,β-unsaturated/α-hetero) is 1. The Morgan fingerprint density at radius 2 is 2.23 bits per heavy atom. The lowest BCUT2D eigenvalue weighted by Gasteiger charge is -2.33. The van der Waals surface area contributed by atoms with Crippen molar-refractivity contribution in [2.45, 2.75) is 32.1 Å². The molecule has 22 heavy (non-hydrogen) atoms. The van der Waals surface area contributed by atoms with Gasteiger partial charge in [-0.2, -0.15) is 0 Å². The van der Waals surface area contributed by atoms with Gasteiger partial charge in [-0.3, -0.25) is 4.79 Å². The van der Waals surface area contributed by atoms with Crippen molar-refractivity contribution in [3.8, 4) is 0 Å². The lowest BCUT2D eigenvalue weighted by atomic mass is 9.75. The van der Waals surface area contributed by atoms with Gasteiger partial charge in [0.25, 0.3) is 0 Å². The van der Waals surface area contributed by atoms with E-state index in [0.717, 1.165) is 29.8 Å². The Hall–Kier alpha value is -2.43. The van der Waals surface area contributed by atoms with E-state index in [1.54, 1.807) is 6.20 Å². The van der Waals surface area contributed by atoms with Crippen LogP contribution in [0.4, 0.5) is 0 Å². The largest absolute Gasteiger partial charge is 0.466 e. The summed E-state index contributed by atoms with van der Waals surface area (Å²) in [6.45, 7) is 1.86. The van der Waals surface area contributed by atoms with E-state index in [2.05, 4.69) is 10.3 Å². The number of carbonyl (C=O) groups is 2. The van der Waals surface area contributed by atoms with Crippen LogP contribution in [0, 0.1) is 0 Å². The van der Waals surface area contributed by atoms with Crippen molar-refractivity contribution in [2.75, 3.05) is 7.11 Å². The van der Waals surface area contributed by atoms with Crippen LogP contribution in [0.25, 0.3) is 0 Å². The molecule has 114 valence electrons. The van der Waals surface area contributed by atoms with Gasteiger partial charge in [-0.1, -0.05) is 0 Å². The monoisotopic (exact) mass is 299 g/mol. The lowest BCUT2D eigenvalue weighted by Crippen LogP contribution is -2.34. The molecule has 3 rings (SSSR count). The zero-order valence-electron chi connectivity index (χ0n) is 12.7. The van der Waals surface area contributed by atoms with E-state index in [1.165, 1.54) is 7.11 Å². The smallest absolute Gasteiger partial charge is 0.336 e. The van der Waals surface area contributed by atoms with Crippen molar-refractivity contribution < 1.29 is 19.3 Å². The second-order valence-electron chi connectivity index (χ2n) is 5.59. The molecular weight excluding hydrogens is 280 g/mol. The van der Waals surface area contributed by atoms with Gasteiger partial charge in [-0.05, 0) is 25.8 Å². The third-order valence-electron chi connectivity index (χ3n) is 4.25. The van der Waals surface area contributed by atoms with Crippen LogP contribution in [-0.2, 0) is 14.3 Å². The Labute approximate surface area is 129 Å². The number of nitrogens with one attached hydrogen (secondary N) is 2. The van der Waals surface area contributed by atoms with E-state index < -0.39 is 5.97 Å². The molecule has 0 fully saturated rings. The van der Waals surface area contributed by atoms with Crippen LogP contribution in [0.5, 0.6) is 0 Å². The zero-order chi connectivity index (χ0) is 15.7. The van der Waals surface area contributed by atoms with E-state index in [9.17, 15) is 9.59 Å². The molecule has 0 saturated heterocycles. The summed E-state index contributed by atoms with van der Waals surface area (Å²) in [5.41, 5.74) is 3.81. The van der Waals surface area contributed by atoms with Crippen LogP contribution in [-0.4, -0.2) is 18.9 Å². The molecule has 1 aromatic heterocycles. The first-order valence-electron chi connectivity index (χ1n) is 7.42. The third-order valence-corrected chi connectivity index (χ3v) is 4.25. The fraction of sp³-hybridized carbons (Fsp3) is 0.353. The summed E-state index contributed by atoms with van der Waals surface area (Å²) in [6, 6.07) is 3.80. The predicted octanol–water partition coefficient (Wildman–Crippen LogP) is 1.64. The molecule has 1 aromatic rings. The Kier molecular flexibility index (Phi) is 3.79. The number of aromatic nitrogens is 1. The minimum Gasteiger partial charge on any atom is -0.466 e. The molecule has 2 N–H and O–H groups in total. The van der Waals surface area contributed by atoms with Gasteiger partial charge in [-0.25, -0.2) is 9.78 Å². The molecule has 0 radical (unpaired) electrons. The van der Waals surface area contributed by atoms with Gasteiger partial charge in [0.1, 0.15) is 0 Å². The SMILES string of the molecule is COC(=O)C1=C(C)NC2=C(C(=O)CCC2)C1c1ccc[nH+]c1. The summed E-state index contributed by atoms with van der Waals surface area (Å²) in [5, 5.41) is 3.24. The first kappa shape index (κ1) is 14.5. The number of ether oxygens (including phenoxy) is 1. The highest BCUT2D eigenvalue weighted by Crippen LogP contribution is 2.41. The summed E-state index contributed by atoms with van der Waals surface area (Å²) >= 11 is 0. The van der Waals surface area contributed by atoms with E-state index >= 15 is 0 Å². The van der Waals surface area contributed by atoms with E-state index in [1.807, 2.05) is 25.3 Å². The summed E-state index contributed by atoms with van der Waals surface area (Å²) in [4.78, 5) is 27.8. The normalized spacial score (nSPS) is 21.4. The topological polar surface area (TPSA) is 69.5 Å². The van der Waals surface area contributed by atoms with Crippen molar-refractivity contribution in [3.63, 3.8) is 0 Å². The standard InChI is InChI=1S/C17H18N2O3/c1-10-14(17(21)22-2)15(11-5-4-8-18-9-11)16-12(19-10)6-3-7-13(16)20/h4-5,8-9,15,19H,3,6-7H2,1-2H3/p+1. The number of methoxy groups -OCH3 is 1. The number of ketones is 1. The van der Waals surface area contributed by atoms with Crippen LogP contribution in [0.2, 0.25) is 0 Å². The minimum absolute atomic E-state index is 0.108. The molecule has 0 aromatic carbocycles. The third kappa shape index (κ3) is 2.32. The first-order chi connectivity index (χ1) is 10.6. The maximum Gasteiger partial charge on any atom is 0.336 e. The second kappa shape index (κ2) is 5.75. The van der Waals surface area contributed by atoms with Gasteiger partial charge in [0, 0.05) is 35.0 Å². The summed E-state index contributed by atoms with van der Waals surface area (Å²) in [7, 11) is 1.36. The van der Waals surface area contributed by atoms with Gasteiger partial charge in [0.2, 0.25) is 0 Å². The molecule has 0 bridgehead atoms. The van der Waals surface area contributed by atoms with E-state index in [4.69, 9.17) is 4.74 Å². The Morgan fingerprint density at radius 1 is 1.41 bits per heavy atom. The molecule has 1 atom stereocenters. The molecule has 1 aliphatic carbocycles. The van der Waals surface area contributed by atoms with Crippen molar-refractivity contribution in [1.82, 2.24) is 5.32 Å². The molecule has 2 aliphatic rings. The fourth-order valence-corrected chi connectivity index (χ4v) is 3.28. The van der Waals surface area contributed by atoms with Crippen LogP contribution < -0.4 is 10.3 Å². The molecule has 5 heteroatoms. The van der Waals surface area contributed by atoms with Gasteiger partial charge in [-0.15, -0.1) is 0 Å². The number of H-pyrrole nitrogens is 1. The maximum atomic E-state index is 12.5. The van der Waals surface area contributed by atoms with Crippen molar-refractivity contribution >= 4 is 11.8 Å². The second-order valence-corrected chi connectivity index (χ2v) is 5.59. The number of rotatable bonds is 2. The Bertz CT molecular complexity index is 689. The number of carbonyl (C=O) groups excluding carboxylic acids is 2. The summed E-state index contributed by atoms with van der Waals surface area (Å²) < 4.78 is 4.95. The Balaban J connectivity index is 2.18. The minimum atomic E-state index is -0.399. The number of pyridine rings is 1. The number of dihydropyridines is 1. The Morgan fingerprint density at radius 3 is 2.91 bits per heavy atom. The number of hydrogen-bond donors (Lipinski definition) is 1. The van der Waals surface area contributed by atoms with Crippen molar-refractivity contribution in [3.05, 3.63) is 52.6 Å². The molecule has 0 amide bonds. The summed E-state index contributed by atoms with van der Waals surface area (Å²) in [5.74, 6) is -0.658.